The van der Waals surface area contributed by atoms with Crippen LogP contribution in [0, 0.1) is 11.3 Å². The fourth-order valence-electron chi connectivity index (χ4n) is 1.67. The van der Waals surface area contributed by atoms with Gasteiger partial charge >= 0.3 is 0 Å². The minimum Gasteiger partial charge on any atom is -0.497 e. The van der Waals surface area contributed by atoms with Crippen molar-refractivity contribution in [3.8, 4) is 23.3 Å². The van der Waals surface area contributed by atoms with Crippen molar-refractivity contribution in [2.45, 2.75) is 4.90 Å². The van der Waals surface area contributed by atoms with E-state index >= 15 is 0 Å². The number of ether oxygens (including phenoxy) is 2. The number of rotatable bonds is 4. The number of nitrogens with zero attached hydrogens (tertiary/aromatic N) is 1. The highest BCUT2D eigenvalue weighted by atomic mass is 32.2. The molecule has 0 heterocycles. The molecule has 19 heavy (non-hydrogen) atoms. The molecule has 3 nitrogen and oxygen atoms in total. The van der Waals surface area contributed by atoms with Gasteiger partial charge in [0.05, 0.1) is 7.11 Å². The Balaban J connectivity index is 2.35. The lowest BCUT2D eigenvalue weighted by atomic mass is 10.2. The van der Waals surface area contributed by atoms with E-state index in [4.69, 9.17) is 9.47 Å². The highest BCUT2D eigenvalue weighted by Crippen LogP contribution is 2.32. The molecule has 4 heteroatoms. The van der Waals surface area contributed by atoms with Crippen LogP contribution in [0.2, 0.25) is 0 Å². The maximum atomic E-state index is 9.24. The van der Waals surface area contributed by atoms with Crippen LogP contribution < -0.4 is 9.47 Å². The lowest BCUT2D eigenvalue weighted by Crippen LogP contribution is -1.91. The largest absolute Gasteiger partial charge is 0.497 e. The molecule has 0 aromatic heterocycles. The van der Waals surface area contributed by atoms with E-state index in [2.05, 4.69) is 6.07 Å². The lowest BCUT2D eigenvalue weighted by molar-refractivity contribution is 0.409. The summed E-state index contributed by atoms with van der Waals surface area (Å²) in [6.45, 7) is 0. The van der Waals surface area contributed by atoms with E-state index in [1.54, 1.807) is 19.2 Å². The summed E-state index contributed by atoms with van der Waals surface area (Å²) in [5.74, 6) is 1.92. The summed E-state index contributed by atoms with van der Waals surface area (Å²) < 4.78 is 10.9. The van der Waals surface area contributed by atoms with Gasteiger partial charge in [0.1, 0.15) is 28.9 Å². The molecule has 0 amide bonds. The van der Waals surface area contributed by atoms with Gasteiger partial charge in [-0.05, 0) is 30.5 Å². The lowest BCUT2D eigenvalue weighted by Gasteiger charge is -2.10. The molecule has 0 spiro atoms. The highest BCUT2D eigenvalue weighted by Gasteiger charge is 2.09. The average Bonchev–Trinajstić information content (AvgIpc) is 2.47. The molecule has 0 aliphatic heterocycles. The zero-order valence-corrected chi connectivity index (χ0v) is 11.5. The quantitative estimate of drug-likeness (QED) is 0.786. The molecule has 2 aromatic rings. The van der Waals surface area contributed by atoms with E-state index in [-0.39, 0.29) is 0 Å². The second-order valence-electron chi connectivity index (χ2n) is 3.73. The predicted molar refractivity (Wildman–Crippen MR) is 76.0 cm³/mol. The van der Waals surface area contributed by atoms with E-state index in [1.165, 1.54) is 11.8 Å². The Morgan fingerprint density at radius 2 is 1.84 bits per heavy atom. The van der Waals surface area contributed by atoms with Gasteiger partial charge in [0.15, 0.2) is 0 Å². The Hall–Kier alpha value is -2.12. The second-order valence-corrected chi connectivity index (χ2v) is 4.57. The van der Waals surface area contributed by atoms with Crippen molar-refractivity contribution in [3.63, 3.8) is 0 Å². The van der Waals surface area contributed by atoms with Gasteiger partial charge in [-0.25, -0.2) is 0 Å². The number of methoxy groups -OCH3 is 1. The molecular formula is C15H13NO2S. The van der Waals surface area contributed by atoms with Crippen molar-refractivity contribution >= 4 is 11.8 Å². The molecule has 0 saturated carbocycles. The van der Waals surface area contributed by atoms with E-state index < -0.39 is 0 Å². The molecule has 0 fully saturated rings. The molecule has 2 aromatic carbocycles. The highest BCUT2D eigenvalue weighted by molar-refractivity contribution is 7.98. The predicted octanol–water partition coefficient (Wildman–Crippen LogP) is 4.08. The topological polar surface area (TPSA) is 42.2 Å². The maximum Gasteiger partial charge on any atom is 0.146 e. The first-order valence-electron chi connectivity index (χ1n) is 5.67. The minimum absolute atomic E-state index is 0.554. The van der Waals surface area contributed by atoms with E-state index in [0.29, 0.717) is 17.1 Å². The molecule has 96 valence electrons. The summed E-state index contributed by atoms with van der Waals surface area (Å²) in [7, 11) is 1.61. The van der Waals surface area contributed by atoms with Crippen LogP contribution in [0.25, 0.3) is 0 Å². The molecule has 2 rings (SSSR count). The second kappa shape index (κ2) is 6.17. The Morgan fingerprint density at radius 3 is 2.53 bits per heavy atom. The van der Waals surface area contributed by atoms with Gasteiger partial charge < -0.3 is 9.47 Å². The van der Waals surface area contributed by atoms with E-state index in [1.807, 2.05) is 36.6 Å². The molecule has 0 unspecified atom stereocenters. The Kier molecular flexibility index (Phi) is 4.32. The normalized spacial score (nSPS) is 9.74. The summed E-state index contributed by atoms with van der Waals surface area (Å²) in [6.07, 6.45) is 1.94. The third-order valence-corrected chi connectivity index (χ3v) is 3.37. The van der Waals surface area contributed by atoms with Gasteiger partial charge in [-0.3, -0.25) is 0 Å². The SMILES string of the molecule is COc1cccc(Oc2cccc(SC)c2C#N)c1. The molecule has 0 aliphatic rings. The van der Waals surface area contributed by atoms with Crippen molar-refractivity contribution in [1.29, 1.82) is 5.26 Å². The molecule has 0 N–H and O–H groups in total. The first-order chi connectivity index (χ1) is 9.28. The first-order valence-corrected chi connectivity index (χ1v) is 6.90. The average molecular weight is 271 g/mol. The standard InChI is InChI=1S/C15H13NO2S/c1-17-11-5-3-6-12(9-11)18-14-7-4-8-15(19-2)13(14)10-16/h3-9H,1-2H3. The maximum absolute atomic E-state index is 9.24. The van der Waals surface area contributed by atoms with Gasteiger partial charge in [0.25, 0.3) is 0 Å². The van der Waals surface area contributed by atoms with Crippen LogP contribution in [0.4, 0.5) is 0 Å². The van der Waals surface area contributed by atoms with Gasteiger partial charge in [0, 0.05) is 11.0 Å². The van der Waals surface area contributed by atoms with Crippen LogP contribution in [-0.2, 0) is 0 Å². The van der Waals surface area contributed by atoms with Gasteiger partial charge in [-0.2, -0.15) is 5.26 Å². The van der Waals surface area contributed by atoms with Gasteiger partial charge in [0.2, 0.25) is 0 Å². The zero-order chi connectivity index (χ0) is 13.7. The number of hydrogen-bond acceptors (Lipinski definition) is 4. The van der Waals surface area contributed by atoms with Crippen LogP contribution in [0.15, 0.2) is 47.4 Å². The van der Waals surface area contributed by atoms with Crippen molar-refractivity contribution in [1.82, 2.24) is 0 Å². The number of hydrogen-bond donors (Lipinski definition) is 0. The number of benzene rings is 2. The number of nitriles is 1. The van der Waals surface area contributed by atoms with E-state index in [9.17, 15) is 5.26 Å². The third-order valence-electron chi connectivity index (χ3n) is 2.59. The summed E-state index contributed by atoms with van der Waals surface area (Å²) in [5, 5.41) is 9.24. The minimum atomic E-state index is 0.554. The van der Waals surface area contributed by atoms with Crippen LogP contribution in [0.3, 0.4) is 0 Å². The molecular weight excluding hydrogens is 258 g/mol. The molecule has 0 atom stereocenters. The number of thioether (sulfide) groups is 1. The van der Waals surface area contributed by atoms with Crippen molar-refractivity contribution in [2.75, 3.05) is 13.4 Å². The summed E-state index contributed by atoms with van der Waals surface area (Å²) in [5.41, 5.74) is 0.554. The fraction of sp³-hybridized carbons (Fsp3) is 0.133. The van der Waals surface area contributed by atoms with Crippen LogP contribution >= 0.6 is 11.8 Å². The summed E-state index contributed by atoms with van der Waals surface area (Å²) >= 11 is 1.53. The van der Waals surface area contributed by atoms with Gasteiger partial charge in [-0.1, -0.05) is 12.1 Å². The van der Waals surface area contributed by atoms with Crippen LogP contribution in [0.5, 0.6) is 17.2 Å². The monoisotopic (exact) mass is 271 g/mol. The Morgan fingerprint density at radius 1 is 1.11 bits per heavy atom. The van der Waals surface area contributed by atoms with Gasteiger partial charge in [-0.15, -0.1) is 11.8 Å². The summed E-state index contributed by atoms with van der Waals surface area (Å²) in [6, 6.07) is 15.1. The molecule has 0 bridgehead atoms. The molecule has 0 aliphatic carbocycles. The summed E-state index contributed by atoms with van der Waals surface area (Å²) in [4.78, 5) is 0.905. The third kappa shape index (κ3) is 3.01. The Labute approximate surface area is 116 Å². The van der Waals surface area contributed by atoms with Crippen molar-refractivity contribution < 1.29 is 9.47 Å². The fourth-order valence-corrected chi connectivity index (χ4v) is 2.23. The van der Waals surface area contributed by atoms with Crippen LogP contribution in [-0.4, -0.2) is 13.4 Å². The molecule has 0 radical (unpaired) electrons. The molecule has 0 saturated heterocycles. The first kappa shape index (κ1) is 13.3. The zero-order valence-electron chi connectivity index (χ0n) is 10.7. The van der Waals surface area contributed by atoms with Crippen molar-refractivity contribution in [3.05, 3.63) is 48.0 Å². The van der Waals surface area contributed by atoms with Crippen molar-refractivity contribution in [2.24, 2.45) is 0 Å². The Bertz CT molecular complexity index is 620. The smallest absolute Gasteiger partial charge is 0.146 e. The van der Waals surface area contributed by atoms with Crippen LogP contribution in [0.1, 0.15) is 5.56 Å². The van der Waals surface area contributed by atoms with E-state index in [0.717, 1.165) is 10.6 Å².